The largest absolute Gasteiger partial charge is 0.469 e. The van der Waals surface area contributed by atoms with E-state index in [1.54, 1.807) is 19.3 Å². The Hall–Kier alpha value is -1.61. The van der Waals surface area contributed by atoms with E-state index < -0.39 is 0 Å². The highest BCUT2D eigenvalue weighted by Gasteiger charge is 2.15. The van der Waals surface area contributed by atoms with Crippen LogP contribution in [-0.2, 0) is 6.42 Å². The lowest BCUT2D eigenvalue weighted by molar-refractivity contribution is 0.509. The number of furan rings is 1. The van der Waals surface area contributed by atoms with Gasteiger partial charge in [-0.1, -0.05) is 19.1 Å². The quantitative estimate of drug-likeness (QED) is 0.883. The van der Waals surface area contributed by atoms with Crippen molar-refractivity contribution in [3.8, 4) is 0 Å². The van der Waals surface area contributed by atoms with Gasteiger partial charge in [-0.15, -0.1) is 0 Å². The van der Waals surface area contributed by atoms with Crippen LogP contribution in [0.25, 0.3) is 0 Å². The van der Waals surface area contributed by atoms with E-state index in [2.05, 4.69) is 0 Å². The van der Waals surface area contributed by atoms with Crippen LogP contribution in [0.5, 0.6) is 0 Å². The molecular formula is C14H16FNO. The Labute approximate surface area is 100 Å². The zero-order valence-electron chi connectivity index (χ0n) is 10.0. The Kier molecular flexibility index (Phi) is 3.29. The SMILES string of the molecule is CCc1occc1C(N)c1ccc(C)c(F)c1. The van der Waals surface area contributed by atoms with Crippen molar-refractivity contribution in [3.05, 3.63) is 58.8 Å². The summed E-state index contributed by atoms with van der Waals surface area (Å²) in [5, 5.41) is 0. The molecule has 0 amide bonds. The van der Waals surface area contributed by atoms with Crippen molar-refractivity contribution in [3.63, 3.8) is 0 Å². The molecule has 0 aliphatic carbocycles. The maximum Gasteiger partial charge on any atom is 0.126 e. The van der Waals surface area contributed by atoms with Gasteiger partial charge in [-0.25, -0.2) is 4.39 Å². The number of rotatable bonds is 3. The number of aryl methyl sites for hydroxylation is 2. The standard InChI is InChI=1S/C14H16FNO/c1-3-13-11(6-7-17-13)14(16)10-5-4-9(2)12(15)8-10/h4-8,14H,3,16H2,1-2H3. The molecule has 1 atom stereocenters. The summed E-state index contributed by atoms with van der Waals surface area (Å²) < 4.78 is 18.8. The number of nitrogens with two attached hydrogens (primary N) is 1. The molecule has 1 unspecified atom stereocenters. The molecule has 0 aliphatic rings. The van der Waals surface area contributed by atoms with Crippen molar-refractivity contribution >= 4 is 0 Å². The van der Waals surface area contributed by atoms with Crippen LogP contribution < -0.4 is 5.73 Å². The first-order valence-corrected chi connectivity index (χ1v) is 5.71. The first-order valence-electron chi connectivity index (χ1n) is 5.71. The predicted molar refractivity (Wildman–Crippen MR) is 65.3 cm³/mol. The highest BCUT2D eigenvalue weighted by molar-refractivity contribution is 5.34. The van der Waals surface area contributed by atoms with E-state index in [0.29, 0.717) is 5.56 Å². The summed E-state index contributed by atoms with van der Waals surface area (Å²) >= 11 is 0. The molecule has 3 heteroatoms. The first-order chi connectivity index (χ1) is 8.13. The molecule has 1 aromatic carbocycles. The monoisotopic (exact) mass is 233 g/mol. The lowest BCUT2D eigenvalue weighted by Gasteiger charge is -2.12. The van der Waals surface area contributed by atoms with Gasteiger partial charge in [0, 0.05) is 12.0 Å². The van der Waals surface area contributed by atoms with Gasteiger partial charge in [0.1, 0.15) is 11.6 Å². The Balaban J connectivity index is 2.36. The lowest BCUT2D eigenvalue weighted by Crippen LogP contribution is -2.13. The summed E-state index contributed by atoms with van der Waals surface area (Å²) in [6.07, 6.45) is 2.41. The van der Waals surface area contributed by atoms with E-state index in [9.17, 15) is 4.39 Å². The third-order valence-electron chi connectivity index (χ3n) is 2.99. The average Bonchev–Trinajstić information content (AvgIpc) is 2.80. The smallest absolute Gasteiger partial charge is 0.126 e. The predicted octanol–water partition coefficient (Wildman–Crippen LogP) is 3.34. The van der Waals surface area contributed by atoms with Crippen molar-refractivity contribution < 1.29 is 8.81 Å². The molecule has 2 nitrogen and oxygen atoms in total. The van der Waals surface area contributed by atoms with Gasteiger partial charge in [0.15, 0.2) is 0 Å². The molecule has 17 heavy (non-hydrogen) atoms. The summed E-state index contributed by atoms with van der Waals surface area (Å²) in [6.45, 7) is 3.74. The maximum absolute atomic E-state index is 13.5. The molecule has 0 bridgehead atoms. The third kappa shape index (κ3) is 2.24. The van der Waals surface area contributed by atoms with Crippen LogP contribution in [0, 0.1) is 12.7 Å². The summed E-state index contributed by atoms with van der Waals surface area (Å²) in [4.78, 5) is 0. The molecule has 1 aromatic heterocycles. The second kappa shape index (κ2) is 4.72. The fraction of sp³-hybridized carbons (Fsp3) is 0.286. The van der Waals surface area contributed by atoms with Gasteiger partial charge in [0.05, 0.1) is 12.3 Å². The molecule has 0 saturated carbocycles. The van der Waals surface area contributed by atoms with Crippen LogP contribution in [0.2, 0.25) is 0 Å². The normalized spacial score (nSPS) is 12.7. The molecule has 2 rings (SSSR count). The fourth-order valence-electron chi connectivity index (χ4n) is 1.90. The van der Waals surface area contributed by atoms with Gasteiger partial charge in [-0.05, 0) is 30.2 Å². The highest BCUT2D eigenvalue weighted by atomic mass is 19.1. The molecule has 0 fully saturated rings. The fourth-order valence-corrected chi connectivity index (χ4v) is 1.90. The zero-order chi connectivity index (χ0) is 12.4. The summed E-state index contributed by atoms with van der Waals surface area (Å²) in [6, 6.07) is 6.61. The van der Waals surface area contributed by atoms with Crippen molar-refractivity contribution in [2.24, 2.45) is 5.73 Å². The minimum Gasteiger partial charge on any atom is -0.469 e. The Morgan fingerprint density at radius 2 is 2.12 bits per heavy atom. The van der Waals surface area contributed by atoms with Gasteiger partial charge in [0.25, 0.3) is 0 Å². The summed E-state index contributed by atoms with van der Waals surface area (Å²) in [5.41, 5.74) is 8.45. The Bertz CT molecular complexity index is 519. The van der Waals surface area contributed by atoms with Gasteiger partial charge < -0.3 is 10.2 Å². The molecule has 1 heterocycles. The molecule has 0 aliphatic heterocycles. The zero-order valence-corrected chi connectivity index (χ0v) is 10.0. The minimum absolute atomic E-state index is 0.223. The molecule has 90 valence electrons. The van der Waals surface area contributed by atoms with E-state index in [4.69, 9.17) is 10.2 Å². The Morgan fingerprint density at radius 1 is 1.35 bits per heavy atom. The highest BCUT2D eigenvalue weighted by Crippen LogP contribution is 2.25. The van der Waals surface area contributed by atoms with Crippen LogP contribution in [0.4, 0.5) is 4.39 Å². The number of benzene rings is 1. The van der Waals surface area contributed by atoms with Gasteiger partial charge in [-0.3, -0.25) is 0 Å². The van der Waals surface area contributed by atoms with Crippen molar-refractivity contribution in [1.29, 1.82) is 0 Å². The number of halogens is 1. The first kappa shape index (κ1) is 11.9. The van der Waals surface area contributed by atoms with Crippen molar-refractivity contribution in [1.82, 2.24) is 0 Å². The molecule has 0 spiro atoms. The van der Waals surface area contributed by atoms with E-state index in [-0.39, 0.29) is 11.9 Å². The summed E-state index contributed by atoms with van der Waals surface area (Å²) in [5.74, 6) is 0.637. The molecule has 2 N–H and O–H groups in total. The van der Waals surface area contributed by atoms with Crippen LogP contribution >= 0.6 is 0 Å². The second-order valence-electron chi connectivity index (χ2n) is 4.14. The Morgan fingerprint density at radius 3 is 2.76 bits per heavy atom. The minimum atomic E-state index is -0.334. The van der Waals surface area contributed by atoms with Gasteiger partial charge >= 0.3 is 0 Å². The third-order valence-corrected chi connectivity index (χ3v) is 2.99. The van der Waals surface area contributed by atoms with E-state index >= 15 is 0 Å². The van der Waals surface area contributed by atoms with Crippen molar-refractivity contribution in [2.45, 2.75) is 26.3 Å². The van der Waals surface area contributed by atoms with Crippen LogP contribution in [0.15, 0.2) is 34.9 Å². The number of hydrogen-bond acceptors (Lipinski definition) is 2. The van der Waals surface area contributed by atoms with Crippen molar-refractivity contribution in [2.75, 3.05) is 0 Å². The second-order valence-corrected chi connectivity index (χ2v) is 4.14. The van der Waals surface area contributed by atoms with E-state index in [1.807, 2.05) is 19.1 Å². The molecular weight excluding hydrogens is 217 g/mol. The van der Waals surface area contributed by atoms with E-state index in [1.165, 1.54) is 6.07 Å². The maximum atomic E-state index is 13.5. The van der Waals surface area contributed by atoms with Crippen LogP contribution in [0.3, 0.4) is 0 Å². The van der Waals surface area contributed by atoms with Crippen LogP contribution in [-0.4, -0.2) is 0 Å². The van der Waals surface area contributed by atoms with E-state index in [0.717, 1.165) is 23.3 Å². The lowest BCUT2D eigenvalue weighted by atomic mass is 9.98. The number of hydrogen-bond donors (Lipinski definition) is 1. The van der Waals surface area contributed by atoms with Gasteiger partial charge in [0.2, 0.25) is 0 Å². The topological polar surface area (TPSA) is 39.2 Å². The molecule has 0 radical (unpaired) electrons. The summed E-state index contributed by atoms with van der Waals surface area (Å²) in [7, 11) is 0. The molecule has 0 saturated heterocycles. The average molecular weight is 233 g/mol. The van der Waals surface area contributed by atoms with Crippen LogP contribution in [0.1, 0.15) is 35.4 Å². The van der Waals surface area contributed by atoms with Gasteiger partial charge in [-0.2, -0.15) is 0 Å². The molecule has 2 aromatic rings.